The molecule has 0 aliphatic carbocycles. The second-order valence-electron chi connectivity index (χ2n) is 3.42. The van der Waals surface area contributed by atoms with Crippen molar-refractivity contribution in [2.75, 3.05) is 27.2 Å². The average Bonchev–Trinajstić information content (AvgIpc) is 2.04. The van der Waals surface area contributed by atoms with Gasteiger partial charge in [0.2, 0.25) is 0 Å². The molecule has 0 amide bonds. The van der Waals surface area contributed by atoms with Gasteiger partial charge in [-0.15, -0.1) is 0 Å². The molecule has 2 unspecified atom stereocenters. The normalized spacial score (nSPS) is 32.7. The van der Waals surface area contributed by atoms with E-state index in [0.717, 1.165) is 6.54 Å². The minimum Gasteiger partial charge on any atom is -0.395 e. The summed E-state index contributed by atoms with van der Waals surface area (Å²) in [6.07, 6.45) is 2.42. The maximum Gasteiger partial charge on any atom is 0.0599 e. The van der Waals surface area contributed by atoms with Gasteiger partial charge in [-0.2, -0.15) is 0 Å². The zero-order valence-electron chi connectivity index (χ0n) is 7.38. The fourth-order valence-electron chi connectivity index (χ4n) is 1.74. The van der Waals surface area contributed by atoms with Crippen LogP contribution in [-0.2, 0) is 0 Å². The number of aliphatic hydroxyl groups is 1. The lowest BCUT2D eigenvalue weighted by molar-refractivity contribution is 0.129. The largest absolute Gasteiger partial charge is 0.395 e. The van der Waals surface area contributed by atoms with Crippen LogP contribution >= 0.6 is 0 Å². The SMILES string of the molecule is CN(C)C1CCCNC1CO. The van der Waals surface area contributed by atoms with Crippen molar-refractivity contribution in [2.24, 2.45) is 0 Å². The molecule has 0 bridgehead atoms. The summed E-state index contributed by atoms with van der Waals surface area (Å²) in [5, 5.41) is 12.3. The molecule has 1 heterocycles. The van der Waals surface area contributed by atoms with Crippen LogP contribution < -0.4 is 5.32 Å². The number of hydrogen-bond acceptors (Lipinski definition) is 3. The predicted molar refractivity (Wildman–Crippen MR) is 45.6 cm³/mol. The molecule has 0 aromatic rings. The van der Waals surface area contributed by atoms with E-state index in [-0.39, 0.29) is 12.6 Å². The number of piperidine rings is 1. The Hall–Kier alpha value is -0.120. The number of aliphatic hydroxyl groups excluding tert-OH is 1. The Morgan fingerprint density at radius 1 is 1.55 bits per heavy atom. The third-order valence-corrected chi connectivity index (χ3v) is 2.41. The smallest absolute Gasteiger partial charge is 0.0599 e. The summed E-state index contributed by atoms with van der Waals surface area (Å²) in [5.41, 5.74) is 0. The first-order valence-electron chi connectivity index (χ1n) is 4.26. The van der Waals surface area contributed by atoms with Gasteiger partial charge in [-0.1, -0.05) is 0 Å². The second-order valence-corrected chi connectivity index (χ2v) is 3.42. The van der Waals surface area contributed by atoms with E-state index >= 15 is 0 Å². The summed E-state index contributed by atoms with van der Waals surface area (Å²) in [6, 6.07) is 0.785. The third-order valence-electron chi connectivity index (χ3n) is 2.41. The van der Waals surface area contributed by atoms with Crippen LogP contribution in [0.3, 0.4) is 0 Å². The van der Waals surface area contributed by atoms with E-state index in [9.17, 15) is 0 Å². The van der Waals surface area contributed by atoms with Gasteiger partial charge in [0.25, 0.3) is 0 Å². The predicted octanol–water partition coefficient (Wildman–Crippen LogP) is -0.339. The van der Waals surface area contributed by atoms with Crippen LogP contribution in [0.5, 0.6) is 0 Å². The second kappa shape index (κ2) is 4.04. The molecule has 0 saturated carbocycles. The molecule has 2 N–H and O–H groups in total. The topological polar surface area (TPSA) is 35.5 Å². The standard InChI is InChI=1S/C8H18N2O/c1-10(2)8-4-3-5-9-7(8)6-11/h7-9,11H,3-6H2,1-2H3. The third kappa shape index (κ3) is 2.15. The Kier molecular flexibility index (Phi) is 3.30. The minimum atomic E-state index is 0.253. The highest BCUT2D eigenvalue weighted by molar-refractivity contribution is 4.85. The average molecular weight is 158 g/mol. The molecule has 66 valence electrons. The summed E-state index contributed by atoms with van der Waals surface area (Å²) in [5.74, 6) is 0. The van der Waals surface area contributed by atoms with Crippen LogP contribution in [0.25, 0.3) is 0 Å². The lowest BCUT2D eigenvalue weighted by Gasteiger charge is -2.35. The molecule has 1 rings (SSSR count). The molecular weight excluding hydrogens is 140 g/mol. The molecule has 0 aromatic heterocycles. The first-order valence-corrected chi connectivity index (χ1v) is 4.26. The monoisotopic (exact) mass is 158 g/mol. The molecule has 2 atom stereocenters. The van der Waals surface area contributed by atoms with Crippen molar-refractivity contribution in [3.8, 4) is 0 Å². The molecule has 0 radical (unpaired) electrons. The van der Waals surface area contributed by atoms with Crippen molar-refractivity contribution < 1.29 is 5.11 Å². The van der Waals surface area contributed by atoms with Gasteiger partial charge in [0.05, 0.1) is 6.61 Å². The minimum absolute atomic E-state index is 0.253. The summed E-state index contributed by atoms with van der Waals surface area (Å²) in [6.45, 7) is 1.30. The molecule has 0 aromatic carbocycles. The number of rotatable bonds is 2. The lowest BCUT2D eigenvalue weighted by Crippen LogP contribution is -2.53. The summed E-state index contributed by atoms with van der Waals surface area (Å²) in [7, 11) is 4.14. The van der Waals surface area contributed by atoms with E-state index in [2.05, 4.69) is 24.3 Å². The Morgan fingerprint density at radius 2 is 2.27 bits per heavy atom. The molecule has 3 nitrogen and oxygen atoms in total. The Labute approximate surface area is 68.4 Å². The van der Waals surface area contributed by atoms with E-state index in [1.54, 1.807) is 0 Å². The highest BCUT2D eigenvalue weighted by Crippen LogP contribution is 2.12. The molecular formula is C8H18N2O. The highest BCUT2D eigenvalue weighted by Gasteiger charge is 2.24. The Balaban J connectivity index is 2.44. The summed E-state index contributed by atoms with van der Waals surface area (Å²) >= 11 is 0. The van der Waals surface area contributed by atoms with Gasteiger partial charge >= 0.3 is 0 Å². The van der Waals surface area contributed by atoms with E-state index in [4.69, 9.17) is 5.11 Å². The molecule has 0 spiro atoms. The van der Waals surface area contributed by atoms with Crippen molar-refractivity contribution >= 4 is 0 Å². The van der Waals surface area contributed by atoms with E-state index in [0.29, 0.717) is 6.04 Å². The van der Waals surface area contributed by atoms with Gasteiger partial charge in [-0.3, -0.25) is 0 Å². The van der Waals surface area contributed by atoms with Crippen LogP contribution in [0.2, 0.25) is 0 Å². The molecule has 1 fully saturated rings. The van der Waals surface area contributed by atoms with E-state index in [1.165, 1.54) is 12.8 Å². The number of likely N-dealkylation sites (N-methyl/N-ethyl adjacent to an activating group) is 1. The molecule has 11 heavy (non-hydrogen) atoms. The molecule has 1 aliphatic heterocycles. The van der Waals surface area contributed by atoms with Crippen molar-refractivity contribution in [2.45, 2.75) is 24.9 Å². The van der Waals surface area contributed by atoms with Crippen LogP contribution in [0.4, 0.5) is 0 Å². The summed E-state index contributed by atoms with van der Waals surface area (Å²) in [4.78, 5) is 2.19. The number of nitrogens with one attached hydrogen (secondary N) is 1. The van der Waals surface area contributed by atoms with Crippen molar-refractivity contribution in [1.82, 2.24) is 10.2 Å². The number of hydrogen-bond donors (Lipinski definition) is 2. The van der Waals surface area contributed by atoms with Crippen LogP contribution in [-0.4, -0.2) is 49.3 Å². The van der Waals surface area contributed by atoms with E-state index < -0.39 is 0 Å². The van der Waals surface area contributed by atoms with Gasteiger partial charge < -0.3 is 15.3 Å². The van der Waals surface area contributed by atoms with Gasteiger partial charge in [-0.05, 0) is 33.5 Å². The van der Waals surface area contributed by atoms with Crippen molar-refractivity contribution in [3.63, 3.8) is 0 Å². The van der Waals surface area contributed by atoms with Gasteiger partial charge in [0.1, 0.15) is 0 Å². The van der Waals surface area contributed by atoms with Crippen molar-refractivity contribution in [1.29, 1.82) is 0 Å². The maximum absolute atomic E-state index is 9.02. The van der Waals surface area contributed by atoms with Crippen LogP contribution in [0, 0.1) is 0 Å². The number of nitrogens with zero attached hydrogens (tertiary/aromatic N) is 1. The highest BCUT2D eigenvalue weighted by atomic mass is 16.3. The molecule has 3 heteroatoms. The fraction of sp³-hybridized carbons (Fsp3) is 1.00. The Bertz CT molecular complexity index is 117. The molecule has 1 aliphatic rings. The quantitative estimate of drug-likeness (QED) is 0.577. The lowest BCUT2D eigenvalue weighted by atomic mass is 9.98. The van der Waals surface area contributed by atoms with Gasteiger partial charge in [0, 0.05) is 12.1 Å². The zero-order valence-corrected chi connectivity index (χ0v) is 7.38. The van der Waals surface area contributed by atoms with Crippen LogP contribution in [0.15, 0.2) is 0 Å². The van der Waals surface area contributed by atoms with Gasteiger partial charge in [0.15, 0.2) is 0 Å². The first-order chi connectivity index (χ1) is 5.25. The van der Waals surface area contributed by atoms with Crippen LogP contribution in [0.1, 0.15) is 12.8 Å². The fourth-order valence-corrected chi connectivity index (χ4v) is 1.74. The maximum atomic E-state index is 9.02. The first kappa shape index (κ1) is 8.97. The zero-order chi connectivity index (χ0) is 8.27. The molecule has 1 saturated heterocycles. The summed E-state index contributed by atoms with van der Waals surface area (Å²) < 4.78 is 0. The van der Waals surface area contributed by atoms with E-state index in [1.807, 2.05) is 0 Å². The Morgan fingerprint density at radius 3 is 2.73 bits per heavy atom. The van der Waals surface area contributed by atoms with Gasteiger partial charge in [-0.25, -0.2) is 0 Å². The van der Waals surface area contributed by atoms with Crippen molar-refractivity contribution in [3.05, 3.63) is 0 Å².